The van der Waals surface area contributed by atoms with Crippen LogP contribution in [-0.2, 0) is 0 Å². The average molecular weight is 312 g/mol. The van der Waals surface area contributed by atoms with Crippen molar-refractivity contribution < 1.29 is 0 Å². The smallest absolute Gasteiger partial charge is 0.140 e. The van der Waals surface area contributed by atoms with Gasteiger partial charge in [-0.15, -0.1) is 0 Å². The second kappa shape index (κ2) is 5.57. The molecule has 1 aliphatic rings. The van der Waals surface area contributed by atoms with Gasteiger partial charge in [0, 0.05) is 12.7 Å². The van der Waals surface area contributed by atoms with Gasteiger partial charge in [0.05, 0.1) is 4.47 Å². The first-order chi connectivity index (χ1) is 8.50. The fraction of sp³-hybridized carbons (Fsp3) is 0.643. The van der Waals surface area contributed by atoms with Gasteiger partial charge >= 0.3 is 0 Å². The summed E-state index contributed by atoms with van der Waals surface area (Å²) in [5, 5.41) is 3.50. The number of hydrogen-bond donors (Lipinski definition) is 1. The van der Waals surface area contributed by atoms with Crippen LogP contribution in [0, 0.1) is 12.3 Å². The molecule has 0 bridgehead atoms. The van der Waals surface area contributed by atoms with Gasteiger partial charge in [-0.2, -0.15) is 0 Å². The molecule has 3 nitrogen and oxygen atoms in total. The Morgan fingerprint density at radius 3 is 2.78 bits per heavy atom. The summed E-state index contributed by atoms with van der Waals surface area (Å²) in [5.74, 6) is 0.968. The Morgan fingerprint density at radius 1 is 1.44 bits per heavy atom. The van der Waals surface area contributed by atoms with Gasteiger partial charge in [-0.1, -0.05) is 6.92 Å². The number of anilines is 1. The summed E-state index contributed by atoms with van der Waals surface area (Å²) in [6, 6.07) is 2.02. The Kier molecular flexibility index (Phi) is 4.28. The largest absolute Gasteiger partial charge is 0.369 e. The molecule has 0 saturated carbocycles. The van der Waals surface area contributed by atoms with Crippen molar-refractivity contribution in [3.05, 3.63) is 22.3 Å². The van der Waals surface area contributed by atoms with Crippen LogP contribution in [0.1, 0.15) is 25.3 Å². The summed E-state index contributed by atoms with van der Waals surface area (Å²) < 4.78 is 1.08. The second-order valence-corrected chi connectivity index (χ2v) is 6.55. The number of aromatic nitrogens is 1. The summed E-state index contributed by atoms with van der Waals surface area (Å²) in [7, 11) is 2.20. The molecule has 100 valence electrons. The highest BCUT2D eigenvalue weighted by Crippen LogP contribution is 2.31. The van der Waals surface area contributed by atoms with E-state index in [0.29, 0.717) is 5.41 Å². The van der Waals surface area contributed by atoms with Crippen molar-refractivity contribution >= 4 is 21.7 Å². The average Bonchev–Trinajstić information content (AvgIpc) is 2.35. The molecular formula is C14H22BrN3. The van der Waals surface area contributed by atoms with Crippen molar-refractivity contribution in [1.29, 1.82) is 0 Å². The summed E-state index contributed by atoms with van der Waals surface area (Å²) in [6.07, 6.45) is 4.36. The van der Waals surface area contributed by atoms with Crippen LogP contribution in [0.4, 0.5) is 5.82 Å². The number of nitrogens with zero attached hydrogens (tertiary/aromatic N) is 2. The second-order valence-electron chi connectivity index (χ2n) is 5.76. The molecule has 0 aromatic carbocycles. The normalized spacial score (nSPS) is 19.8. The molecule has 1 aromatic heterocycles. The van der Waals surface area contributed by atoms with Gasteiger partial charge < -0.3 is 10.2 Å². The first-order valence-corrected chi connectivity index (χ1v) is 7.33. The van der Waals surface area contributed by atoms with E-state index in [2.05, 4.69) is 52.0 Å². The number of pyridine rings is 1. The van der Waals surface area contributed by atoms with Crippen LogP contribution >= 0.6 is 15.9 Å². The number of likely N-dealkylation sites (tertiary alicyclic amines) is 1. The molecule has 2 rings (SSSR count). The topological polar surface area (TPSA) is 28.2 Å². The zero-order valence-electron chi connectivity index (χ0n) is 11.5. The van der Waals surface area contributed by atoms with Crippen LogP contribution in [0.15, 0.2) is 16.7 Å². The minimum atomic E-state index is 0.386. The van der Waals surface area contributed by atoms with Gasteiger partial charge in [0.15, 0.2) is 0 Å². The number of nitrogens with one attached hydrogen (secondary N) is 1. The molecule has 0 unspecified atom stereocenters. The molecule has 2 heterocycles. The van der Waals surface area contributed by atoms with Crippen molar-refractivity contribution in [2.45, 2.75) is 26.7 Å². The van der Waals surface area contributed by atoms with Crippen LogP contribution in [-0.4, -0.2) is 36.6 Å². The van der Waals surface area contributed by atoms with Crippen molar-refractivity contribution in [2.24, 2.45) is 5.41 Å². The van der Waals surface area contributed by atoms with Crippen molar-refractivity contribution in [1.82, 2.24) is 9.88 Å². The highest BCUT2D eigenvalue weighted by Gasteiger charge is 2.28. The summed E-state index contributed by atoms with van der Waals surface area (Å²) in [5.41, 5.74) is 1.61. The van der Waals surface area contributed by atoms with E-state index in [9.17, 15) is 0 Å². The Bertz CT molecular complexity index is 412. The Labute approximate surface area is 118 Å². The quantitative estimate of drug-likeness (QED) is 0.928. The van der Waals surface area contributed by atoms with E-state index >= 15 is 0 Å². The Morgan fingerprint density at radius 2 is 2.11 bits per heavy atom. The van der Waals surface area contributed by atoms with Crippen LogP contribution in [0.2, 0.25) is 0 Å². The third kappa shape index (κ3) is 3.23. The van der Waals surface area contributed by atoms with Crippen LogP contribution in [0.5, 0.6) is 0 Å². The summed E-state index contributed by atoms with van der Waals surface area (Å²) in [6.45, 7) is 7.85. The maximum Gasteiger partial charge on any atom is 0.140 e. The fourth-order valence-corrected chi connectivity index (χ4v) is 2.67. The molecule has 1 aromatic rings. The molecule has 0 radical (unpaired) electrons. The van der Waals surface area contributed by atoms with E-state index in [0.717, 1.165) is 16.8 Å². The third-order valence-electron chi connectivity index (χ3n) is 3.96. The van der Waals surface area contributed by atoms with Gasteiger partial charge in [0.2, 0.25) is 0 Å². The maximum atomic E-state index is 4.40. The predicted octanol–water partition coefficient (Wildman–Crippen LogP) is 3.30. The minimum absolute atomic E-state index is 0.386. The number of piperidine rings is 1. The van der Waals surface area contributed by atoms with Crippen molar-refractivity contribution in [3.8, 4) is 0 Å². The molecule has 0 amide bonds. The molecule has 1 N–H and O–H groups in total. The molecule has 1 fully saturated rings. The molecule has 0 spiro atoms. The lowest BCUT2D eigenvalue weighted by molar-refractivity contribution is 0.150. The van der Waals surface area contributed by atoms with Gasteiger partial charge in [0.25, 0.3) is 0 Å². The maximum absolute atomic E-state index is 4.40. The zero-order chi connectivity index (χ0) is 13.2. The zero-order valence-corrected chi connectivity index (χ0v) is 13.0. The van der Waals surface area contributed by atoms with Gasteiger partial charge in [-0.05, 0) is 72.9 Å². The summed E-state index contributed by atoms with van der Waals surface area (Å²) in [4.78, 5) is 6.81. The standard InChI is InChI=1S/C14H22BrN3/c1-11-4-7-16-13(12(11)15)17-10-14(2)5-8-18(3)9-6-14/h4,7H,5-6,8-10H2,1-3H3,(H,16,17). The van der Waals surface area contributed by atoms with E-state index in [4.69, 9.17) is 0 Å². The van der Waals surface area contributed by atoms with E-state index in [1.807, 2.05) is 12.3 Å². The molecule has 0 atom stereocenters. The van der Waals surface area contributed by atoms with E-state index < -0.39 is 0 Å². The lowest BCUT2D eigenvalue weighted by Gasteiger charge is -2.38. The molecule has 1 saturated heterocycles. The molecule has 18 heavy (non-hydrogen) atoms. The van der Waals surface area contributed by atoms with E-state index in [1.54, 1.807) is 0 Å². The highest BCUT2D eigenvalue weighted by atomic mass is 79.9. The van der Waals surface area contributed by atoms with Crippen LogP contribution < -0.4 is 5.32 Å². The number of hydrogen-bond acceptors (Lipinski definition) is 3. The first kappa shape index (κ1) is 13.8. The van der Waals surface area contributed by atoms with Gasteiger partial charge in [-0.25, -0.2) is 4.98 Å². The van der Waals surface area contributed by atoms with Crippen LogP contribution in [0.3, 0.4) is 0 Å². The highest BCUT2D eigenvalue weighted by molar-refractivity contribution is 9.10. The first-order valence-electron chi connectivity index (χ1n) is 6.54. The fourth-order valence-electron chi connectivity index (χ4n) is 2.30. The summed E-state index contributed by atoms with van der Waals surface area (Å²) >= 11 is 3.60. The number of aryl methyl sites for hydroxylation is 1. The minimum Gasteiger partial charge on any atom is -0.369 e. The van der Waals surface area contributed by atoms with Crippen molar-refractivity contribution in [3.63, 3.8) is 0 Å². The molecule has 0 aliphatic carbocycles. The van der Waals surface area contributed by atoms with Gasteiger partial charge in [0.1, 0.15) is 5.82 Å². The predicted molar refractivity (Wildman–Crippen MR) is 80.0 cm³/mol. The molecule has 1 aliphatic heterocycles. The number of rotatable bonds is 3. The van der Waals surface area contributed by atoms with Crippen molar-refractivity contribution in [2.75, 3.05) is 32.0 Å². The number of halogens is 1. The molecule has 4 heteroatoms. The lowest BCUT2D eigenvalue weighted by Crippen LogP contribution is -2.40. The Balaban J connectivity index is 1.97. The van der Waals surface area contributed by atoms with E-state index in [-0.39, 0.29) is 0 Å². The van der Waals surface area contributed by atoms with Crippen LogP contribution in [0.25, 0.3) is 0 Å². The third-order valence-corrected chi connectivity index (χ3v) is 4.96. The lowest BCUT2D eigenvalue weighted by atomic mass is 9.80. The monoisotopic (exact) mass is 311 g/mol. The SMILES string of the molecule is Cc1ccnc(NCC2(C)CCN(C)CC2)c1Br. The van der Waals surface area contributed by atoms with E-state index in [1.165, 1.54) is 31.5 Å². The molecular weight excluding hydrogens is 290 g/mol. The van der Waals surface area contributed by atoms with Gasteiger partial charge in [-0.3, -0.25) is 0 Å². The Hall–Kier alpha value is -0.610.